The van der Waals surface area contributed by atoms with Crippen LogP contribution in [0.5, 0.6) is 5.75 Å². The van der Waals surface area contributed by atoms with Crippen molar-refractivity contribution in [2.45, 2.75) is 33.2 Å². The largest absolute Gasteiger partial charge is 0.496 e. The maximum Gasteiger partial charge on any atom is 0.124 e. The molecular formula is C18H24N2O. The zero-order chi connectivity index (χ0) is 15.2. The summed E-state index contributed by atoms with van der Waals surface area (Å²) in [6.45, 7) is 7.38. The fourth-order valence-electron chi connectivity index (χ4n) is 2.71. The van der Waals surface area contributed by atoms with E-state index in [9.17, 15) is 0 Å². The van der Waals surface area contributed by atoms with Crippen LogP contribution in [0.2, 0.25) is 0 Å². The topological polar surface area (TPSA) is 34.2 Å². The lowest BCUT2D eigenvalue weighted by Crippen LogP contribution is -2.24. The number of rotatable bonds is 6. The Bertz CT molecular complexity index is 581. The third kappa shape index (κ3) is 3.61. The Balaban J connectivity index is 2.51. The average molecular weight is 284 g/mol. The van der Waals surface area contributed by atoms with Crippen molar-refractivity contribution < 1.29 is 4.74 Å². The molecule has 0 spiro atoms. The van der Waals surface area contributed by atoms with E-state index in [1.165, 1.54) is 22.3 Å². The van der Waals surface area contributed by atoms with Crippen molar-refractivity contribution in [3.63, 3.8) is 0 Å². The minimum absolute atomic E-state index is 0.128. The van der Waals surface area contributed by atoms with Crippen LogP contribution < -0.4 is 10.1 Å². The van der Waals surface area contributed by atoms with Gasteiger partial charge in [0.1, 0.15) is 5.75 Å². The van der Waals surface area contributed by atoms with E-state index in [1.807, 2.05) is 12.4 Å². The summed E-state index contributed by atoms with van der Waals surface area (Å²) < 4.78 is 5.63. The summed E-state index contributed by atoms with van der Waals surface area (Å²) in [5, 5.41) is 3.63. The Morgan fingerprint density at radius 3 is 2.52 bits per heavy atom. The van der Waals surface area contributed by atoms with Crippen LogP contribution in [-0.2, 0) is 0 Å². The molecular weight excluding hydrogens is 260 g/mol. The lowest BCUT2D eigenvalue weighted by molar-refractivity contribution is 0.403. The second-order valence-corrected chi connectivity index (χ2v) is 5.37. The normalized spacial score (nSPS) is 12.2. The molecule has 0 aliphatic heterocycles. The summed E-state index contributed by atoms with van der Waals surface area (Å²) in [6.07, 6.45) is 4.77. The maximum atomic E-state index is 5.63. The second kappa shape index (κ2) is 7.23. The van der Waals surface area contributed by atoms with Gasteiger partial charge in [0.25, 0.3) is 0 Å². The molecule has 21 heavy (non-hydrogen) atoms. The van der Waals surface area contributed by atoms with Gasteiger partial charge in [-0.3, -0.25) is 4.98 Å². The number of methoxy groups -OCH3 is 1. The molecule has 1 aromatic heterocycles. The lowest BCUT2D eigenvalue weighted by Gasteiger charge is -2.24. The van der Waals surface area contributed by atoms with Crippen LogP contribution in [0.25, 0.3) is 0 Å². The van der Waals surface area contributed by atoms with Crippen LogP contribution in [0.3, 0.4) is 0 Å². The van der Waals surface area contributed by atoms with Gasteiger partial charge in [-0.25, -0.2) is 0 Å². The highest BCUT2D eigenvalue weighted by Gasteiger charge is 2.20. The first-order chi connectivity index (χ1) is 10.2. The second-order valence-electron chi connectivity index (χ2n) is 5.37. The van der Waals surface area contributed by atoms with Gasteiger partial charge in [0.15, 0.2) is 0 Å². The fraction of sp³-hybridized carbons (Fsp3) is 0.389. The van der Waals surface area contributed by atoms with Gasteiger partial charge in [-0.1, -0.05) is 13.0 Å². The van der Waals surface area contributed by atoms with Crippen LogP contribution in [-0.4, -0.2) is 18.6 Å². The van der Waals surface area contributed by atoms with Gasteiger partial charge in [0, 0.05) is 18.0 Å². The summed E-state index contributed by atoms with van der Waals surface area (Å²) >= 11 is 0. The highest BCUT2D eigenvalue weighted by atomic mass is 16.5. The Morgan fingerprint density at radius 1 is 1.19 bits per heavy atom. The van der Waals surface area contributed by atoms with Gasteiger partial charge in [-0.15, -0.1) is 0 Å². The number of pyridine rings is 1. The summed E-state index contributed by atoms with van der Waals surface area (Å²) in [7, 11) is 1.74. The van der Waals surface area contributed by atoms with Crippen LogP contribution in [0.15, 0.2) is 36.7 Å². The van der Waals surface area contributed by atoms with Crippen molar-refractivity contribution >= 4 is 0 Å². The third-order valence-corrected chi connectivity index (χ3v) is 3.64. The molecule has 1 unspecified atom stereocenters. The standard InChI is InChI=1S/C18H24N2O/c1-5-8-20-18(15-6-9-19-10-7-15)17-14(3)11-13(2)12-16(17)21-4/h6-7,9-12,18,20H,5,8H2,1-4H3. The number of hydrogen-bond donors (Lipinski definition) is 1. The smallest absolute Gasteiger partial charge is 0.124 e. The van der Waals surface area contributed by atoms with Gasteiger partial charge < -0.3 is 10.1 Å². The average Bonchev–Trinajstić information content (AvgIpc) is 2.49. The van der Waals surface area contributed by atoms with Crippen LogP contribution in [0, 0.1) is 13.8 Å². The highest BCUT2D eigenvalue weighted by Crippen LogP contribution is 2.33. The zero-order valence-corrected chi connectivity index (χ0v) is 13.3. The molecule has 2 aromatic rings. The van der Waals surface area contributed by atoms with E-state index in [2.05, 4.69) is 55.3 Å². The molecule has 3 heteroatoms. The Kier molecular flexibility index (Phi) is 5.34. The molecule has 1 aromatic carbocycles. The van der Waals surface area contributed by atoms with Gasteiger partial charge in [-0.05, 0) is 61.7 Å². The number of nitrogens with zero attached hydrogens (tertiary/aromatic N) is 1. The number of nitrogens with one attached hydrogen (secondary N) is 1. The van der Waals surface area contributed by atoms with Crippen LogP contribution in [0.4, 0.5) is 0 Å². The van der Waals surface area contributed by atoms with Crippen LogP contribution >= 0.6 is 0 Å². The van der Waals surface area contributed by atoms with Crippen molar-refractivity contribution in [3.05, 3.63) is 58.9 Å². The zero-order valence-electron chi connectivity index (χ0n) is 13.3. The first kappa shape index (κ1) is 15.5. The molecule has 1 N–H and O–H groups in total. The Hall–Kier alpha value is -1.87. The van der Waals surface area contributed by atoms with Crippen LogP contribution in [0.1, 0.15) is 41.6 Å². The minimum atomic E-state index is 0.128. The Morgan fingerprint density at radius 2 is 1.90 bits per heavy atom. The van der Waals surface area contributed by atoms with Crippen molar-refractivity contribution in [1.82, 2.24) is 10.3 Å². The molecule has 0 aliphatic rings. The van der Waals surface area contributed by atoms with Gasteiger partial charge in [-0.2, -0.15) is 0 Å². The maximum absolute atomic E-state index is 5.63. The summed E-state index contributed by atoms with van der Waals surface area (Å²) in [4.78, 5) is 4.12. The number of benzene rings is 1. The lowest BCUT2D eigenvalue weighted by atomic mass is 9.93. The molecule has 0 radical (unpaired) electrons. The van der Waals surface area contributed by atoms with E-state index in [4.69, 9.17) is 4.74 Å². The summed E-state index contributed by atoms with van der Waals surface area (Å²) in [6, 6.07) is 8.56. The molecule has 1 heterocycles. The monoisotopic (exact) mass is 284 g/mol. The predicted molar refractivity (Wildman–Crippen MR) is 86.8 cm³/mol. The van der Waals surface area contributed by atoms with Crippen molar-refractivity contribution in [1.29, 1.82) is 0 Å². The molecule has 0 amide bonds. The molecule has 0 aliphatic carbocycles. The van der Waals surface area contributed by atoms with Crippen molar-refractivity contribution in [2.24, 2.45) is 0 Å². The summed E-state index contributed by atoms with van der Waals surface area (Å²) in [5.74, 6) is 0.943. The highest BCUT2D eigenvalue weighted by molar-refractivity contribution is 5.48. The van der Waals surface area contributed by atoms with E-state index in [0.717, 1.165) is 18.7 Å². The molecule has 0 bridgehead atoms. The van der Waals surface area contributed by atoms with Gasteiger partial charge in [0.05, 0.1) is 13.2 Å². The molecule has 0 fully saturated rings. The number of hydrogen-bond acceptors (Lipinski definition) is 3. The number of ether oxygens (including phenoxy) is 1. The third-order valence-electron chi connectivity index (χ3n) is 3.64. The van der Waals surface area contributed by atoms with E-state index >= 15 is 0 Å². The quantitative estimate of drug-likeness (QED) is 0.876. The van der Waals surface area contributed by atoms with Crippen molar-refractivity contribution in [2.75, 3.05) is 13.7 Å². The van der Waals surface area contributed by atoms with Gasteiger partial charge >= 0.3 is 0 Å². The van der Waals surface area contributed by atoms with Gasteiger partial charge in [0.2, 0.25) is 0 Å². The number of aryl methyl sites for hydroxylation is 2. The first-order valence-electron chi connectivity index (χ1n) is 7.45. The predicted octanol–water partition coefficient (Wildman–Crippen LogP) is 3.80. The number of aromatic nitrogens is 1. The Labute approximate surface area is 127 Å². The minimum Gasteiger partial charge on any atom is -0.496 e. The summed E-state index contributed by atoms with van der Waals surface area (Å²) in [5.41, 5.74) is 4.89. The molecule has 0 saturated heterocycles. The van der Waals surface area contributed by atoms with E-state index < -0.39 is 0 Å². The van der Waals surface area contributed by atoms with E-state index in [-0.39, 0.29) is 6.04 Å². The molecule has 112 valence electrons. The molecule has 3 nitrogen and oxygen atoms in total. The van der Waals surface area contributed by atoms with E-state index in [1.54, 1.807) is 7.11 Å². The molecule has 0 saturated carbocycles. The van der Waals surface area contributed by atoms with E-state index in [0.29, 0.717) is 0 Å². The molecule has 2 rings (SSSR count). The molecule has 1 atom stereocenters. The fourth-order valence-corrected chi connectivity index (χ4v) is 2.71. The van der Waals surface area contributed by atoms with Crippen molar-refractivity contribution in [3.8, 4) is 5.75 Å². The SMILES string of the molecule is CCCNC(c1ccncc1)c1c(C)cc(C)cc1OC. The first-order valence-corrected chi connectivity index (χ1v) is 7.45.